The van der Waals surface area contributed by atoms with E-state index < -0.39 is 5.97 Å². The second-order valence-corrected chi connectivity index (χ2v) is 6.04. The second-order valence-electron chi connectivity index (χ2n) is 5.63. The largest absolute Gasteiger partial charge is 0.545 e. The molecule has 136 valence electrons. The predicted octanol–water partition coefficient (Wildman–Crippen LogP) is 2.35. The Kier molecular flexibility index (Phi) is 6.68. The van der Waals surface area contributed by atoms with Crippen molar-refractivity contribution in [2.75, 3.05) is 5.32 Å². The highest BCUT2D eigenvalue weighted by molar-refractivity contribution is 7.80. The maximum Gasteiger partial charge on any atom is 0.257 e. The molecule has 0 saturated heterocycles. The first-order chi connectivity index (χ1) is 12.4. The van der Waals surface area contributed by atoms with Gasteiger partial charge in [-0.2, -0.15) is 0 Å². The lowest BCUT2D eigenvalue weighted by atomic mass is 10.2. The molecule has 0 aliphatic carbocycles. The zero-order valence-corrected chi connectivity index (χ0v) is 15.3. The van der Waals surface area contributed by atoms with Crippen LogP contribution in [-0.4, -0.2) is 23.1 Å². The van der Waals surface area contributed by atoms with Gasteiger partial charge >= 0.3 is 0 Å². The van der Waals surface area contributed by atoms with E-state index in [0.29, 0.717) is 17.0 Å². The molecule has 0 fully saturated rings. The van der Waals surface area contributed by atoms with Gasteiger partial charge in [-0.25, -0.2) is 0 Å². The minimum atomic E-state index is -1.26. The average Bonchev–Trinajstić information content (AvgIpc) is 2.62. The molecule has 6 nitrogen and oxygen atoms in total. The fourth-order valence-corrected chi connectivity index (χ4v) is 2.24. The highest BCUT2D eigenvalue weighted by Gasteiger charge is 2.09. The number of carbonyl (C=O) groups is 2. The Morgan fingerprint density at radius 2 is 1.65 bits per heavy atom. The van der Waals surface area contributed by atoms with E-state index in [2.05, 4.69) is 10.6 Å². The van der Waals surface area contributed by atoms with Crippen molar-refractivity contribution in [2.24, 2.45) is 0 Å². The number of carboxylic acid groups (broad SMARTS) is 1. The van der Waals surface area contributed by atoms with E-state index in [4.69, 9.17) is 17.0 Å². The first kappa shape index (κ1) is 19.4. The Morgan fingerprint density at radius 3 is 2.19 bits per heavy atom. The van der Waals surface area contributed by atoms with Crippen LogP contribution in [0.4, 0.5) is 5.69 Å². The molecular weight excluding hydrogens is 352 g/mol. The second kappa shape index (κ2) is 8.96. The molecule has 2 N–H and O–H groups in total. The predicted molar refractivity (Wildman–Crippen MR) is 101 cm³/mol. The summed E-state index contributed by atoms with van der Waals surface area (Å²) in [6.07, 6.45) is 1.00. The number of nitrogens with one attached hydrogen (secondary N) is 2. The number of hydrogen-bond donors (Lipinski definition) is 2. The van der Waals surface area contributed by atoms with Gasteiger partial charge in [0.1, 0.15) is 5.75 Å². The van der Waals surface area contributed by atoms with Crippen molar-refractivity contribution in [1.82, 2.24) is 5.32 Å². The molecule has 0 heterocycles. The third kappa shape index (κ3) is 5.56. The van der Waals surface area contributed by atoms with E-state index in [1.807, 2.05) is 13.8 Å². The van der Waals surface area contributed by atoms with Gasteiger partial charge in [-0.15, -0.1) is 0 Å². The lowest BCUT2D eigenvalue weighted by Crippen LogP contribution is -2.34. The molecule has 0 radical (unpaired) electrons. The van der Waals surface area contributed by atoms with Crippen molar-refractivity contribution >= 4 is 34.9 Å². The van der Waals surface area contributed by atoms with E-state index in [1.165, 1.54) is 24.3 Å². The summed E-state index contributed by atoms with van der Waals surface area (Å²) in [6, 6.07) is 12.6. The number of carbonyl (C=O) groups excluding carboxylic acids is 2. The van der Waals surface area contributed by atoms with Crippen LogP contribution in [0, 0.1) is 0 Å². The molecule has 0 aromatic heterocycles. The topological polar surface area (TPSA) is 90.5 Å². The Bertz CT molecular complexity index is 788. The third-order valence-electron chi connectivity index (χ3n) is 3.63. The van der Waals surface area contributed by atoms with E-state index >= 15 is 0 Å². The number of hydrogen-bond acceptors (Lipinski definition) is 5. The number of anilines is 1. The summed E-state index contributed by atoms with van der Waals surface area (Å²) in [4.78, 5) is 22.9. The summed E-state index contributed by atoms with van der Waals surface area (Å²) in [7, 11) is 0. The molecule has 2 aromatic carbocycles. The summed E-state index contributed by atoms with van der Waals surface area (Å²) in [5.41, 5.74) is 1.06. The Hall–Kier alpha value is -2.93. The lowest BCUT2D eigenvalue weighted by molar-refractivity contribution is -0.255. The molecule has 7 heteroatoms. The average molecular weight is 371 g/mol. The van der Waals surface area contributed by atoms with Crippen LogP contribution in [0.15, 0.2) is 48.5 Å². The summed E-state index contributed by atoms with van der Waals surface area (Å²) in [6.45, 7) is 4.01. The van der Waals surface area contributed by atoms with Crippen molar-refractivity contribution in [3.63, 3.8) is 0 Å². The van der Waals surface area contributed by atoms with Crippen LogP contribution >= 0.6 is 12.2 Å². The molecule has 1 amide bonds. The standard InChI is InChI=1S/C19H20N2O4S/c1-3-12(2)25-16-10-6-13(7-11-16)17(22)21-19(26)20-15-8-4-14(5-9-15)18(23)24/h4-12H,3H2,1-2H3,(H,23,24)(H2,20,21,22,26)/p-1/t12-/m0/s1. The van der Waals surface area contributed by atoms with Gasteiger partial charge in [0.15, 0.2) is 5.11 Å². The van der Waals surface area contributed by atoms with Crippen molar-refractivity contribution in [2.45, 2.75) is 26.4 Å². The van der Waals surface area contributed by atoms with Gasteiger partial charge in [0.25, 0.3) is 5.91 Å². The molecule has 0 unspecified atom stereocenters. The zero-order valence-electron chi connectivity index (χ0n) is 14.4. The van der Waals surface area contributed by atoms with Crippen LogP contribution in [0.3, 0.4) is 0 Å². The van der Waals surface area contributed by atoms with Gasteiger partial charge < -0.3 is 20.0 Å². The highest BCUT2D eigenvalue weighted by Crippen LogP contribution is 2.15. The Balaban J connectivity index is 1.92. The van der Waals surface area contributed by atoms with Crippen molar-refractivity contribution in [3.05, 3.63) is 59.7 Å². The van der Waals surface area contributed by atoms with Crippen LogP contribution in [0.25, 0.3) is 0 Å². The molecule has 1 atom stereocenters. The lowest BCUT2D eigenvalue weighted by Gasteiger charge is -2.13. The normalized spacial score (nSPS) is 11.3. The molecule has 0 spiro atoms. The number of benzene rings is 2. The molecule has 0 aliphatic rings. The molecule has 0 saturated carbocycles. The first-order valence-electron chi connectivity index (χ1n) is 8.09. The van der Waals surface area contributed by atoms with Crippen LogP contribution in [0.2, 0.25) is 0 Å². The first-order valence-corrected chi connectivity index (χ1v) is 8.50. The number of ether oxygens (including phenoxy) is 1. The third-order valence-corrected chi connectivity index (χ3v) is 3.84. The van der Waals surface area contributed by atoms with Gasteiger partial charge in [-0.3, -0.25) is 10.1 Å². The molecular formula is C19H19N2O4S-. The fourth-order valence-electron chi connectivity index (χ4n) is 2.03. The van der Waals surface area contributed by atoms with Crippen LogP contribution < -0.4 is 20.5 Å². The minimum Gasteiger partial charge on any atom is -0.545 e. The SMILES string of the molecule is CC[C@H](C)Oc1ccc(C(=O)NC(=S)Nc2ccc(C(=O)[O-])cc2)cc1. The molecule has 0 aliphatic heterocycles. The Labute approximate surface area is 157 Å². The van der Waals surface area contributed by atoms with Crippen molar-refractivity contribution in [3.8, 4) is 5.75 Å². The zero-order chi connectivity index (χ0) is 19.1. The van der Waals surface area contributed by atoms with Gasteiger partial charge in [0.05, 0.1) is 12.1 Å². The van der Waals surface area contributed by atoms with E-state index in [9.17, 15) is 14.7 Å². The van der Waals surface area contributed by atoms with Crippen LogP contribution in [0.5, 0.6) is 5.75 Å². The van der Waals surface area contributed by atoms with Crippen LogP contribution in [-0.2, 0) is 0 Å². The molecule has 2 aromatic rings. The molecule has 26 heavy (non-hydrogen) atoms. The maximum atomic E-state index is 12.2. The summed E-state index contributed by atoms with van der Waals surface area (Å²) >= 11 is 5.10. The molecule has 0 bridgehead atoms. The van der Waals surface area contributed by atoms with Gasteiger partial charge in [0, 0.05) is 11.3 Å². The van der Waals surface area contributed by atoms with Gasteiger partial charge in [-0.1, -0.05) is 19.1 Å². The number of amides is 1. The maximum absolute atomic E-state index is 12.2. The summed E-state index contributed by atoms with van der Waals surface area (Å²) < 4.78 is 5.67. The van der Waals surface area contributed by atoms with Gasteiger partial charge in [-0.05, 0) is 67.5 Å². The summed E-state index contributed by atoms with van der Waals surface area (Å²) in [5.74, 6) is -0.915. The summed E-state index contributed by atoms with van der Waals surface area (Å²) in [5, 5.41) is 16.2. The number of rotatable bonds is 6. The monoisotopic (exact) mass is 371 g/mol. The van der Waals surface area contributed by atoms with E-state index in [1.54, 1.807) is 24.3 Å². The highest BCUT2D eigenvalue weighted by atomic mass is 32.1. The smallest absolute Gasteiger partial charge is 0.257 e. The van der Waals surface area contributed by atoms with Crippen molar-refractivity contribution < 1.29 is 19.4 Å². The quantitative estimate of drug-likeness (QED) is 0.758. The number of carboxylic acids is 1. The Morgan fingerprint density at radius 1 is 1.08 bits per heavy atom. The number of aromatic carboxylic acids is 1. The van der Waals surface area contributed by atoms with Crippen LogP contribution in [0.1, 0.15) is 41.0 Å². The van der Waals surface area contributed by atoms with Crippen molar-refractivity contribution in [1.29, 1.82) is 0 Å². The fraction of sp³-hybridized carbons (Fsp3) is 0.211. The number of thiocarbonyl (C=S) groups is 1. The van der Waals surface area contributed by atoms with Gasteiger partial charge in [0.2, 0.25) is 0 Å². The van der Waals surface area contributed by atoms with E-state index in [-0.39, 0.29) is 22.7 Å². The van der Waals surface area contributed by atoms with E-state index in [0.717, 1.165) is 6.42 Å². The molecule has 2 rings (SSSR count). The minimum absolute atomic E-state index is 0.0604.